The average molecular weight is 472 g/mol. The van der Waals surface area contributed by atoms with E-state index in [9.17, 15) is 14.7 Å². The van der Waals surface area contributed by atoms with Gasteiger partial charge in [-0.15, -0.1) is 0 Å². The van der Waals surface area contributed by atoms with E-state index < -0.39 is 0 Å². The predicted octanol–water partition coefficient (Wildman–Crippen LogP) is 3.07. The smallest absolute Gasteiger partial charge is 0.234 e. The molecule has 1 N–H and O–H groups in total. The fourth-order valence-electron chi connectivity index (χ4n) is 6.92. The number of likely N-dealkylation sites (N-methyl/N-ethyl adjacent to an activating group) is 1. The lowest BCUT2D eigenvalue weighted by Crippen LogP contribution is -2.57. The fraction of sp³-hybridized carbons (Fsp3) is 0.448. The summed E-state index contributed by atoms with van der Waals surface area (Å²) in [5, 5.41) is 9.49. The number of hydrogen-bond donors (Lipinski definition) is 1. The van der Waals surface area contributed by atoms with Crippen LogP contribution in [0.1, 0.15) is 41.1 Å². The number of aliphatic hydroxyl groups is 1. The minimum atomic E-state index is -0.347. The second kappa shape index (κ2) is 8.70. The van der Waals surface area contributed by atoms with E-state index in [-0.39, 0.29) is 48.3 Å². The van der Waals surface area contributed by atoms with Gasteiger partial charge in [-0.25, -0.2) is 0 Å². The van der Waals surface area contributed by atoms with Crippen molar-refractivity contribution in [3.05, 3.63) is 76.9 Å². The molecule has 6 heteroatoms. The van der Waals surface area contributed by atoms with Crippen molar-refractivity contribution in [3.8, 4) is 0 Å². The maximum atomic E-state index is 13.4. The van der Waals surface area contributed by atoms with Crippen LogP contribution >= 0.6 is 0 Å². The molecule has 6 nitrogen and oxygen atoms in total. The van der Waals surface area contributed by atoms with Crippen LogP contribution in [0, 0.1) is 17.8 Å². The number of piperidine rings is 1. The van der Waals surface area contributed by atoms with E-state index in [1.54, 1.807) is 7.05 Å². The van der Waals surface area contributed by atoms with Crippen molar-refractivity contribution in [2.24, 2.45) is 17.8 Å². The summed E-state index contributed by atoms with van der Waals surface area (Å²) in [6, 6.07) is 16.7. The summed E-state index contributed by atoms with van der Waals surface area (Å²) in [4.78, 5) is 32.6. The van der Waals surface area contributed by atoms with Gasteiger partial charge < -0.3 is 5.11 Å². The first kappa shape index (κ1) is 22.7. The average Bonchev–Trinajstić information content (AvgIpc) is 3.48. The van der Waals surface area contributed by atoms with Gasteiger partial charge >= 0.3 is 0 Å². The maximum absolute atomic E-state index is 13.4. The number of amides is 2. The van der Waals surface area contributed by atoms with Crippen molar-refractivity contribution in [3.63, 3.8) is 0 Å². The Morgan fingerprint density at radius 2 is 1.46 bits per heavy atom. The third-order valence-corrected chi connectivity index (χ3v) is 8.73. The van der Waals surface area contributed by atoms with Crippen molar-refractivity contribution >= 4 is 17.4 Å². The molecule has 2 bridgehead atoms. The quantitative estimate of drug-likeness (QED) is 0.679. The van der Waals surface area contributed by atoms with E-state index in [0.717, 1.165) is 23.2 Å². The predicted molar refractivity (Wildman–Crippen MR) is 134 cm³/mol. The first-order valence-electron chi connectivity index (χ1n) is 12.7. The number of imide groups is 1. The number of rotatable bonds is 5. The number of carbonyl (C=O) groups excluding carboxylic acids is 2. The molecule has 5 aliphatic rings. The third kappa shape index (κ3) is 3.58. The van der Waals surface area contributed by atoms with Gasteiger partial charge in [0.15, 0.2) is 0 Å². The number of benzene rings is 2. The zero-order chi connectivity index (χ0) is 24.3. The van der Waals surface area contributed by atoms with Crippen LogP contribution in [0.3, 0.4) is 0 Å². The van der Waals surface area contributed by atoms with E-state index in [4.69, 9.17) is 0 Å². The van der Waals surface area contributed by atoms with Crippen molar-refractivity contribution < 1.29 is 14.7 Å². The summed E-state index contributed by atoms with van der Waals surface area (Å²) in [5.41, 5.74) is 5.58. The van der Waals surface area contributed by atoms with Gasteiger partial charge in [0, 0.05) is 31.6 Å². The van der Waals surface area contributed by atoms with Gasteiger partial charge in [-0.1, -0.05) is 54.6 Å². The Kier molecular flexibility index (Phi) is 5.63. The van der Waals surface area contributed by atoms with Gasteiger partial charge in [0.25, 0.3) is 0 Å². The lowest BCUT2D eigenvalue weighted by molar-refractivity contribution is -0.138. The van der Waals surface area contributed by atoms with E-state index in [1.165, 1.54) is 42.0 Å². The summed E-state index contributed by atoms with van der Waals surface area (Å²) < 4.78 is 0. The van der Waals surface area contributed by atoms with E-state index >= 15 is 0 Å². The Morgan fingerprint density at radius 3 is 2.11 bits per heavy atom. The van der Waals surface area contributed by atoms with Crippen LogP contribution in [0.15, 0.2) is 54.6 Å². The molecule has 0 aromatic heterocycles. The molecule has 5 unspecified atom stereocenters. The first-order valence-corrected chi connectivity index (χ1v) is 12.7. The molecule has 3 saturated heterocycles. The number of carbonyl (C=O) groups is 2. The Bertz CT molecular complexity index is 1170. The molecule has 35 heavy (non-hydrogen) atoms. The highest BCUT2D eigenvalue weighted by atomic mass is 16.3. The molecule has 1 aliphatic carbocycles. The number of fused-ring (bicyclic) bond motifs is 1. The zero-order valence-corrected chi connectivity index (χ0v) is 20.4. The van der Waals surface area contributed by atoms with E-state index in [1.807, 2.05) is 24.3 Å². The highest BCUT2D eigenvalue weighted by Gasteiger charge is 2.62. The molecule has 4 heterocycles. The largest absolute Gasteiger partial charge is 0.392 e. The van der Waals surface area contributed by atoms with Crippen LogP contribution in [-0.4, -0.2) is 64.8 Å². The molecule has 0 spiro atoms. The van der Waals surface area contributed by atoms with E-state index in [2.05, 4.69) is 47.2 Å². The summed E-state index contributed by atoms with van der Waals surface area (Å²) in [6.07, 6.45) is 4.78. The second-order valence-corrected chi connectivity index (χ2v) is 10.6. The van der Waals surface area contributed by atoms with Crippen molar-refractivity contribution in [2.45, 2.75) is 38.1 Å². The van der Waals surface area contributed by atoms with E-state index in [0.29, 0.717) is 0 Å². The molecule has 7 rings (SSSR count). The molecule has 2 aromatic rings. The van der Waals surface area contributed by atoms with Crippen LogP contribution in [0.5, 0.6) is 0 Å². The molecular formula is C29H33N3O3. The number of nitrogens with zero attached hydrogens (tertiary/aromatic N) is 3. The summed E-state index contributed by atoms with van der Waals surface area (Å²) >= 11 is 0. The summed E-state index contributed by atoms with van der Waals surface area (Å²) in [7, 11) is 3.72. The van der Waals surface area contributed by atoms with Crippen LogP contribution < -0.4 is 0 Å². The van der Waals surface area contributed by atoms with Crippen LogP contribution in [0.2, 0.25) is 0 Å². The van der Waals surface area contributed by atoms with Crippen LogP contribution in [0.4, 0.5) is 0 Å². The first-order chi connectivity index (χ1) is 17.0. The lowest BCUT2D eigenvalue weighted by Gasteiger charge is -2.53. The van der Waals surface area contributed by atoms with Crippen molar-refractivity contribution in [1.82, 2.24) is 14.7 Å². The lowest BCUT2D eigenvalue weighted by atomic mass is 9.61. The number of aliphatic hydroxyl groups excluding tert-OH is 1. The number of likely N-dealkylation sites (tertiary alicyclic amines) is 2. The molecular weight excluding hydrogens is 438 g/mol. The van der Waals surface area contributed by atoms with Gasteiger partial charge in [-0.3, -0.25) is 24.3 Å². The minimum absolute atomic E-state index is 0.00298. The Labute approximate surface area is 206 Å². The molecule has 0 saturated carbocycles. The van der Waals surface area contributed by atoms with Crippen LogP contribution in [0.25, 0.3) is 5.57 Å². The van der Waals surface area contributed by atoms with Gasteiger partial charge in [-0.05, 0) is 60.8 Å². The van der Waals surface area contributed by atoms with Gasteiger partial charge in [0.1, 0.15) is 0 Å². The van der Waals surface area contributed by atoms with Gasteiger partial charge in [-0.2, -0.15) is 0 Å². The molecule has 2 aromatic carbocycles. The van der Waals surface area contributed by atoms with Crippen molar-refractivity contribution in [1.29, 1.82) is 0 Å². The number of hydrogen-bond acceptors (Lipinski definition) is 5. The standard InChI is InChI=1S/C29H33N3O3/c1-30-23-15-22(20-9-7-19(17-33)8-10-20)24(26-25(23)28(34)31(2)29(26)35)27(30)21-11-5-18(6-12-21)16-32-13-3-4-14-32/h5-12,15,23-27,33H,3-4,13-14,16-17H2,1-2H3. The topological polar surface area (TPSA) is 64.1 Å². The van der Waals surface area contributed by atoms with Crippen molar-refractivity contribution in [2.75, 3.05) is 27.2 Å². The highest BCUT2D eigenvalue weighted by Crippen LogP contribution is 2.57. The normalized spacial score (nSPS) is 30.8. The third-order valence-electron chi connectivity index (χ3n) is 8.73. The summed E-state index contributed by atoms with van der Waals surface area (Å²) in [6.45, 7) is 3.33. The molecule has 2 amide bonds. The minimum Gasteiger partial charge on any atom is -0.392 e. The monoisotopic (exact) mass is 471 g/mol. The molecule has 182 valence electrons. The molecule has 0 radical (unpaired) electrons. The molecule has 5 atom stereocenters. The van der Waals surface area contributed by atoms with Gasteiger partial charge in [0.2, 0.25) is 11.8 Å². The second-order valence-electron chi connectivity index (χ2n) is 10.6. The van der Waals surface area contributed by atoms with Crippen LogP contribution in [-0.2, 0) is 22.7 Å². The highest BCUT2D eigenvalue weighted by molar-refractivity contribution is 6.07. The molecule has 4 aliphatic heterocycles. The summed E-state index contributed by atoms with van der Waals surface area (Å²) in [5.74, 6) is -0.904. The Balaban J connectivity index is 1.39. The SMILES string of the molecule is CN1C(=O)C2C(C1=O)C1C=C(c3ccc(CO)cc3)C2C(c2ccc(CN3CCCC3)cc2)N1C. The Hall–Kier alpha value is -2.80. The van der Waals surface area contributed by atoms with Gasteiger partial charge in [0.05, 0.1) is 18.4 Å². The Morgan fingerprint density at radius 1 is 0.829 bits per heavy atom. The zero-order valence-electron chi connectivity index (χ0n) is 20.4. The molecule has 3 fully saturated rings. The maximum Gasteiger partial charge on any atom is 0.234 e. The fourth-order valence-corrected chi connectivity index (χ4v) is 6.92.